The molecule has 11 heteroatoms. The minimum atomic E-state index is -4.61. The zero-order chi connectivity index (χ0) is 23.0. The summed E-state index contributed by atoms with van der Waals surface area (Å²) >= 11 is 18.0. The standard InChI is InChI=1S/C21H22Cl3F3N4O/c22-15-4-1-13(11-16(15)23)12-29-7-9-30(10-8-29)17(32)5-6-31-19(14-2-3-14)18(24)20(28-31)21(25,26)27/h1,4,11,14H,2-3,5-10,12H2. The van der Waals surface area contributed by atoms with Crippen LogP contribution < -0.4 is 0 Å². The molecule has 1 aliphatic carbocycles. The fourth-order valence-corrected chi connectivity index (χ4v) is 4.68. The summed E-state index contributed by atoms with van der Waals surface area (Å²) in [5, 5.41) is 4.38. The number of aryl methyl sites for hydroxylation is 1. The first-order valence-electron chi connectivity index (χ1n) is 10.4. The summed E-state index contributed by atoms with van der Waals surface area (Å²) in [5.74, 6) is -0.104. The minimum absolute atomic E-state index is 0.00822. The second-order valence-corrected chi connectivity index (χ2v) is 9.39. The van der Waals surface area contributed by atoms with Crippen LogP contribution in [0.5, 0.6) is 0 Å². The average Bonchev–Trinajstić information content (AvgIpc) is 3.51. The number of carbonyl (C=O) groups is 1. The number of carbonyl (C=O) groups excluding carboxylic acids is 1. The molecule has 0 bridgehead atoms. The van der Waals surface area contributed by atoms with Gasteiger partial charge in [0.25, 0.3) is 0 Å². The molecule has 5 nitrogen and oxygen atoms in total. The van der Waals surface area contributed by atoms with Crippen molar-refractivity contribution in [2.45, 2.75) is 44.4 Å². The number of nitrogens with zero attached hydrogens (tertiary/aromatic N) is 4. The Morgan fingerprint density at radius 2 is 1.75 bits per heavy atom. The predicted octanol–water partition coefficient (Wildman–Crippen LogP) is 5.47. The van der Waals surface area contributed by atoms with Crippen molar-refractivity contribution < 1.29 is 18.0 Å². The highest BCUT2D eigenvalue weighted by Gasteiger charge is 2.42. The van der Waals surface area contributed by atoms with Crippen LogP contribution in [0.4, 0.5) is 13.2 Å². The summed E-state index contributed by atoms with van der Waals surface area (Å²) in [6.07, 6.45) is -2.95. The topological polar surface area (TPSA) is 41.4 Å². The Hall–Kier alpha value is -1.48. The normalized spacial score (nSPS) is 17.8. The zero-order valence-corrected chi connectivity index (χ0v) is 19.4. The lowest BCUT2D eigenvalue weighted by atomic mass is 10.2. The van der Waals surface area contributed by atoms with Crippen molar-refractivity contribution in [1.82, 2.24) is 19.6 Å². The van der Waals surface area contributed by atoms with Crippen molar-refractivity contribution in [3.63, 3.8) is 0 Å². The Kier molecular flexibility index (Phi) is 6.96. The number of benzene rings is 1. The molecular weight excluding hydrogens is 488 g/mol. The molecule has 2 fully saturated rings. The van der Waals surface area contributed by atoms with Crippen molar-refractivity contribution >= 4 is 40.7 Å². The van der Waals surface area contributed by atoms with Crippen molar-refractivity contribution in [3.8, 4) is 0 Å². The first kappa shape index (κ1) is 23.7. The molecule has 0 spiro atoms. The summed E-state index contributed by atoms with van der Waals surface area (Å²) in [6, 6.07) is 5.53. The molecule has 0 radical (unpaired) electrons. The molecule has 0 N–H and O–H groups in total. The van der Waals surface area contributed by atoms with E-state index in [1.54, 1.807) is 11.0 Å². The van der Waals surface area contributed by atoms with Gasteiger partial charge in [-0.25, -0.2) is 0 Å². The van der Waals surface area contributed by atoms with Crippen molar-refractivity contribution in [2.24, 2.45) is 0 Å². The van der Waals surface area contributed by atoms with Gasteiger partial charge in [-0.2, -0.15) is 18.3 Å². The molecule has 174 valence electrons. The van der Waals surface area contributed by atoms with E-state index in [2.05, 4.69) is 10.00 Å². The fraction of sp³-hybridized carbons (Fsp3) is 0.524. The van der Waals surface area contributed by atoms with Gasteiger partial charge in [0.15, 0.2) is 5.69 Å². The van der Waals surface area contributed by atoms with E-state index >= 15 is 0 Å². The third-order valence-electron chi connectivity index (χ3n) is 5.82. The van der Waals surface area contributed by atoms with Gasteiger partial charge in [-0.15, -0.1) is 0 Å². The molecule has 0 unspecified atom stereocenters. The summed E-state index contributed by atoms with van der Waals surface area (Å²) in [5.41, 5.74) is 0.380. The number of halogens is 6. The smallest absolute Gasteiger partial charge is 0.340 e. The predicted molar refractivity (Wildman–Crippen MR) is 117 cm³/mol. The highest BCUT2D eigenvalue weighted by Crippen LogP contribution is 2.46. The Labute approximate surface area is 199 Å². The third kappa shape index (κ3) is 5.35. The molecule has 1 saturated carbocycles. The van der Waals surface area contributed by atoms with Crippen LogP contribution >= 0.6 is 34.8 Å². The van der Waals surface area contributed by atoms with Crippen LogP contribution in [0, 0.1) is 0 Å². The quantitative estimate of drug-likeness (QED) is 0.518. The summed E-state index contributed by atoms with van der Waals surface area (Å²) in [6.45, 7) is 3.31. The van der Waals surface area contributed by atoms with Crippen LogP contribution in [0.25, 0.3) is 0 Å². The number of hydrogen-bond donors (Lipinski definition) is 0. The second-order valence-electron chi connectivity index (χ2n) is 8.20. The number of hydrogen-bond acceptors (Lipinski definition) is 3. The van der Waals surface area contributed by atoms with Crippen LogP contribution in [0.3, 0.4) is 0 Å². The number of rotatable bonds is 6. The van der Waals surface area contributed by atoms with Gasteiger partial charge in [-0.3, -0.25) is 14.4 Å². The number of alkyl halides is 3. The average molecular weight is 510 g/mol. The molecular formula is C21H22Cl3F3N4O. The van der Waals surface area contributed by atoms with E-state index in [1.165, 1.54) is 4.68 Å². The van der Waals surface area contributed by atoms with E-state index in [-0.39, 0.29) is 29.8 Å². The zero-order valence-electron chi connectivity index (χ0n) is 17.1. The maximum Gasteiger partial charge on any atom is 0.436 e. The first-order valence-corrected chi connectivity index (χ1v) is 11.5. The lowest BCUT2D eigenvalue weighted by Gasteiger charge is -2.35. The molecule has 2 aliphatic rings. The van der Waals surface area contributed by atoms with Crippen molar-refractivity contribution in [3.05, 3.63) is 50.2 Å². The summed E-state index contributed by atoms with van der Waals surface area (Å²) in [7, 11) is 0. The Balaban J connectivity index is 1.31. The Bertz CT molecular complexity index is 999. The molecule has 1 aliphatic heterocycles. The van der Waals surface area contributed by atoms with Gasteiger partial charge in [0.1, 0.15) is 0 Å². The number of aromatic nitrogens is 2. The van der Waals surface area contributed by atoms with E-state index in [0.717, 1.165) is 18.4 Å². The van der Waals surface area contributed by atoms with Gasteiger partial charge in [-0.05, 0) is 30.5 Å². The highest BCUT2D eigenvalue weighted by atomic mass is 35.5. The lowest BCUT2D eigenvalue weighted by Crippen LogP contribution is -2.48. The minimum Gasteiger partial charge on any atom is -0.340 e. The summed E-state index contributed by atoms with van der Waals surface area (Å²) in [4.78, 5) is 16.7. The van der Waals surface area contributed by atoms with Gasteiger partial charge in [-0.1, -0.05) is 40.9 Å². The van der Waals surface area contributed by atoms with Crippen molar-refractivity contribution in [2.75, 3.05) is 26.2 Å². The van der Waals surface area contributed by atoms with Crippen LogP contribution in [-0.2, 0) is 24.1 Å². The maximum absolute atomic E-state index is 13.2. The number of piperazine rings is 1. The lowest BCUT2D eigenvalue weighted by molar-refractivity contribution is -0.141. The maximum atomic E-state index is 13.2. The van der Waals surface area contributed by atoms with Gasteiger partial charge < -0.3 is 4.90 Å². The molecule has 1 aromatic heterocycles. The van der Waals surface area contributed by atoms with Gasteiger partial charge in [0.2, 0.25) is 5.91 Å². The summed E-state index contributed by atoms with van der Waals surface area (Å²) < 4.78 is 40.9. The fourth-order valence-electron chi connectivity index (χ4n) is 3.96. The highest BCUT2D eigenvalue weighted by molar-refractivity contribution is 6.42. The second kappa shape index (κ2) is 9.41. The van der Waals surface area contributed by atoms with Crippen molar-refractivity contribution in [1.29, 1.82) is 0 Å². The molecule has 0 atom stereocenters. The monoisotopic (exact) mass is 508 g/mol. The molecule has 32 heavy (non-hydrogen) atoms. The SMILES string of the molecule is O=C(CCn1nc(C(F)(F)F)c(Cl)c1C1CC1)N1CCN(Cc2ccc(Cl)c(Cl)c2)CC1. The van der Waals surface area contributed by atoms with Gasteiger partial charge >= 0.3 is 6.18 Å². The Morgan fingerprint density at radius 3 is 2.34 bits per heavy atom. The van der Waals surface area contributed by atoms with Crippen LogP contribution in [-0.4, -0.2) is 51.7 Å². The molecule has 1 aromatic carbocycles. The van der Waals surface area contributed by atoms with Crippen LogP contribution in [0.15, 0.2) is 18.2 Å². The molecule has 4 rings (SSSR count). The van der Waals surface area contributed by atoms with Gasteiger partial charge in [0, 0.05) is 45.1 Å². The van der Waals surface area contributed by atoms with Gasteiger partial charge in [0.05, 0.1) is 27.3 Å². The van der Waals surface area contributed by atoms with E-state index in [9.17, 15) is 18.0 Å². The van der Waals surface area contributed by atoms with Crippen LogP contribution in [0.1, 0.15) is 42.1 Å². The van der Waals surface area contributed by atoms with E-state index in [4.69, 9.17) is 34.8 Å². The van der Waals surface area contributed by atoms with E-state index in [1.807, 2.05) is 12.1 Å². The Morgan fingerprint density at radius 1 is 1.06 bits per heavy atom. The molecule has 2 heterocycles. The largest absolute Gasteiger partial charge is 0.436 e. The molecule has 1 amide bonds. The third-order valence-corrected chi connectivity index (χ3v) is 6.93. The molecule has 2 aromatic rings. The molecule has 1 saturated heterocycles. The van der Waals surface area contributed by atoms with E-state index < -0.39 is 11.9 Å². The van der Waals surface area contributed by atoms with E-state index in [0.29, 0.717) is 48.5 Å². The van der Waals surface area contributed by atoms with Crippen LogP contribution in [0.2, 0.25) is 15.1 Å². The first-order chi connectivity index (χ1) is 15.1. The number of amides is 1.